The zero-order valence-electron chi connectivity index (χ0n) is 8.36. The van der Waals surface area contributed by atoms with Crippen molar-refractivity contribution in [3.05, 3.63) is 0 Å². The Balaban J connectivity index is 4.10. The van der Waals surface area contributed by atoms with Crippen molar-refractivity contribution < 1.29 is 18.3 Å². The molecule has 0 radical (unpaired) electrons. The molecule has 0 aliphatic rings. The van der Waals surface area contributed by atoms with Gasteiger partial charge in [0.2, 0.25) is 0 Å². The van der Waals surface area contributed by atoms with Gasteiger partial charge in [0.25, 0.3) is 10.2 Å². The molecular formula is C7H16N2O4S. The van der Waals surface area contributed by atoms with Crippen LogP contribution in [-0.4, -0.2) is 43.9 Å². The van der Waals surface area contributed by atoms with Crippen LogP contribution in [0.25, 0.3) is 0 Å². The maximum absolute atomic E-state index is 11.3. The minimum atomic E-state index is -3.63. The van der Waals surface area contributed by atoms with Crippen molar-refractivity contribution in [1.82, 2.24) is 9.03 Å². The summed E-state index contributed by atoms with van der Waals surface area (Å²) in [5, 5.41) is 8.29. The van der Waals surface area contributed by atoms with Gasteiger partial charge in [-0.1, -0.05) is 13.3 Å². The normalized spacial score (nSPS) is 11.9. The number of carbonyl (C=O) groups is 1. The van der Waals surface area contributed by atoms with Gasteiger partial charge in [-0.2, -0.15) is 17.4 Å². The summed E-state index contributed by atoms with van der Waals surface area (Å²) in [6, 6.07) is 0. The topological polar surface area (TPSA) is 86.7 Å². The lowest BCUT2D eigenvalue weighted by molar-refractivity contribution is -0.135. The number of hydrogen-bond acceptors (Lipinski definition) is 3. The van der Waals surface area contributed by atoms with Crippen LogP contribution in [0.3, 0.4) is 0 Å². The van der Waals surface area contributed by atoms with Crippen LogP contribution in [0.4, 0.5) is 0 Å². The monoisotopic (exact) mass is 224 g/mol. The summed E-state index contributed by atoms with van der Waals surface area (Å²) in [5.41, 5.74) is 0. The lowest BCUT2D eigenvalue weighted by atomic mass is 10.3. The van der Waals surface area contributed by atoms with Crippen molar-refractivity contribution in [2.75, 3.05) is 20.1 Å². The van der Waals surface area contributed by atoms with Crippen LogP contribution in [0, 0.1) is 0 Å². The predicted molar refractivity (Wildman–Crippen MR) is 52.1 cm³/mol. The Morgan fingerprint density at radius 2 is 2.07 bits per heavy atom. The Morgan fingerprint density at radius 3 is 2.50 bits per heavy atom. The highest BCUT2D eigenvalue weighted by molar-refractivity contribution is 7.87. The number of unbranched alkanes of at least 4 members (excludes halogenated alkanes) is 1. The maximum atomic E-state index is 11.3. The van der Waals surface area contributed by atoms with Crippen molar-refractivity contribution in [2.24, 2.45) is 0 Å². The van der Waals surface area contributed by atoms with Gasteiger partial charge in [0, 0.05) is 13.6 Å². The molecule has 0 amide bonds. The summed E-state index contributed by atoms with van der Waals surface area (Å²) in [7, 11) is -2.21. The molecule has 0 saturated carbocycles. The second kappa shape index (κ2) is 5.94. The van der Waals surface area contributed by atoms with E-state index in [-0.39, 0.29) is 0 Å². The fourth-order valence-corrected chi connectivity index (χ4v) is 1.66. The number of aliphatic carboxylic acids is 1. The van der Waals surface area contributed by atoms with Crippen molar-refractivity contribution in [1.29, 1.82) is 0 Å². The third-order valence-electron chi connectivity index (χ3n) is 1.64. The summed E-state index contributed by atoms with van der Waals surface area (Å²) in [6.07, 6.45) is 1.64. The standard InChI is InChI=1S/C7H16N2O4S/c1-3-4-5-9(2)14(12,13)8-6-7(10)11/h8H,3-6H2,1-2H3,(H,10,11). The maximum Gasteiger partial charge on any atom is 0.318 e. The molecule has 0 spiro atoms. The second-order valence-corrected chi connectivity index (χ2v) is 4.76. The first-order valence-corrected chi connectivity index (χ1v) is 5.77. The Kier molecular flexibility index (Phi) is 5.66. The fraction of sp³-hybridized carbons (Fsp3) is 0.857. The molecule has 0 bridgehead atoms. The van der Waals surface area contributed by atoms with Gasteiger partial charge in [-0.15, -0.1) is 0 Å². The van der Waals surface area contributed by atoms with Crippen LogP contribution in [0.15, 0.2) is 0 Å². The van der Waals surface area contributed by atoms with Crippen molar-refractivity contribution in [3.8, 4) is 0 Å². The average Bonchev–Trinajstić information content (AvgIpc) is 2.11. The smallest absolute Gasteiger partial charge is 0.318 e. The largest absolute Gasteiger partial charge is 0.480 e. The minimum Gasteiger partial charge on any atom is -0.480 e. The molecule has 0 aromatic carbocycles. The van der Waals surface area contributed by atoms with Gasteiger partial charge in [0.15, 0.2) is 0 Å². The summed E-state index contributed by atoms with van der Waals surface area (Å²) >= 11 is 0. The Morgan fingerprint density at radius 1 is 1.50 bits per heavy atom. The number of nitrogens with zero attached hydrogens (tertiary/aromatic N) is 1. The number of rotatable bonds is 7. The number of hydrogen-bond donors (Lipinski definition) is 2. The third kappa shape index (κ3) is 5.15. The van der Waals surface area contributed by atoms with E-state index in [0.29, 0.717) is 6.54 Å². The highest BCUT2D eigenvalue weighted by Gasteiger charge is 2.17. The van der Waals surface area contributed by atoms with Gasteiger partial charge in [-0.3, -0.25) is 4.79 Å². The van der Waals surface area contributed by atoms with E-state index < -0.39 is 22.7 Å². The van der Waals surface area contributed by atoms with Gasteiger partial charge >= 0.3 is 5.97 Å². The molecular weight excluding hydrogens is 208 g/mol. The van der Waals surface area contributed by atoms with Crippen LogP contribution in [-0.2, 0) is 15.0 Å². The molecule has 0 aromatic heterocycles. The molecule has 0 unspecified atom stereocenters. The zero-order chi connectivity index (χ0) is 11.2. The van der Waals surface area contributed by atoms with E-state index >= 15 is 0 Å². The molecule has 0 heterocycles. The van der Waals surface area contributed by atoms with E-state index in [2.05, 4.69) is 0 Å². The molecule has 14 heavy (non-hydrogen) atoms. The van der Waals surface area contributed by atoms with E-state index in [1.165, 1.54) is 7.05 Å². The van der Waals surface area contributed by atoms with E-state index in [9.17, 15) is 13.2 Å². The van der Waals surface area contributed by atoms with Gasteiger partial charge in [-0.05, 0) is 6.42 Å². The number of carboxylic acids is 1. The zero-order valence-corrected chi connectivity index (χ0v) is 9.17. The number of nitrogens with one attached hydrogen (secondary N) is 1. The minimum absolute atomic E-state index is 0.394. The summed E-state index contributed by atoms with van der Waals surface area (Å²) in [4.78, 5) is 10.1. The van der Waals surface area contributed by atoms with Crippen molar-refractivity contribution >= 4 is 16.2 Å². The first kappa shape index (κ1) is 13.3. The molecule has 0 rings (SSSR count). The SMILES string of the molecule is CCCCN(C)S(=O)(=O)NCC(=O)O. The summed E-state index contributed by atoms with van der Waals surface area (Å²) < 4.78 is 25.7. The van der Waals surface area contributed by atoms with Crippen LogP contribution in [0.2, 0.25) is 0 Å². The molecule has 0 atom stereocenters. The van der Waals surface area contributed by atoms with Gasteiger partial charge in [0.05, 0.1) is 0 Å². The van der Waals surface area contributed by atoms with Gasteiger partial charge < -0.3 is 5.11 Å². The van der Waals surface area contributed by atoms with Crippen LogP contribution in [0.1, 0.15) is 19.8 Å². The molecule has 0 fully saturated rings. The van der Waals surface area contributed by atoms with Gasteiger partial charge in [-0.25, -0.2) is 0 Å². The average molecular weight is 224 g/mol. The molecule has 6 nitrogen and oxygen atoms in total. The van der Waals surface area contributed by atoms with Gasteiger partial charge in [0.1, 0.15) is 6.54 Å². The third-order valence-corrected chi connectivity index (χ3v) is 3.16. The van der Waals surface area contributed by atoms with E-state index in [1.807, 2.05) is 11.6 Å². The van der Waals surface area contributed by atoms with Crippen LogP contribution in [0.5, 0.6) is 0 Å². The number of carboxylic acid groups (broad SMARTS) is 1. The molecule has 0 saturated heterocycles. The molecule has 0 aliphatic heterocycles. The molecule has 7 heteroatoms. The molecule has 84 valence electrons. The van der Waals surface area contributed by atoms with Crippen LogP contribution >= 0.6 is 0 Å². The van der Waals surface area contributed by atoms with E-state index in [0.717, 1.165) is 17.1 Å². The highest BCUT2D eigenvalue weighted by atomic mass is 32.2. The Labute approximate surface area is 84.1 Å². The predicted octanol–water partition coefficient (Wildman–Crippen LogP) is -0.363. The quantitative estimate of drug-likeness (QED) is 0.618. The lowest BCUT2D eigenvalue weighted by Gasteiger charge is -2.16. The summed E-state index contributed by atoms with van der Waals surface area (Å²) in [6.45, 7) is 1.76. The van der Waals surface area contributed by atoms with E-state index in [1.54, 1.807) is 0 Å². The Hall–Kier alpha value is -0.660. The highest BCUT2D eigenvalue weighted by Crippen LogP contribution is 1.97. The molecule has 0 aromatic rings. The van der Waals surface area contributed by atoms with Crippen molar-refractivity contribution in [3.63, 3.8) is 0 Å². The Bertz CT molecular complexity index is 275. The first-order valence-electron chi connectivity index (χ1n) is 4.33. The lowest BCUT2D eigenvalue weighted by Crippen LogP contribution is -2.40. The van der Waals surface area contributed by atoms with E-state index in [4.69, 9.17) is 5.11 Å². The second-order valence-electron chi connectivity index (χ2n) is 2.89. The fourth-order valence-electron chi connectivity index (χ4n) is 0.764. The molecule has 0 aliphatic carbocycles. The summed E-state index contributed by atoms with van der Waals surface area (Å²) in [5.74, 6) is -1.20. The van der Waals surface area contributed by atoms with Crippen molar-refractivity contribution in [2.45, 2.75) is 19.8 Å². The first-order chi connectivity index (χ1) is 6.40. The molecule has 2 N–H and O–H groups in total. The van der Waals surface area contributed by atoms with Crippen LogP contribution < -0.4 is 4.72 Å².